The minimum absolute atomic E-state index is 0.0458. The number of ether oxygens (including phenoxy) is 1. The van der Waals surface area contributed by atoms with E-state index in [1.807, 2.05) is 0 Å². The highest BCUT2D eigenvalue weighted by atomic mass is 79.9. The average Bonchev–Trinajstić information content (AvgIpc) is 2.42. The predicted molar refractivity (Wildman–Crippen MR) is 75.8 cm³/mol. The molecule has 0 aromatic heterocycles. The molecule has 0 aliphatic carbocycles. The molecular formula is C15H12BrF3O2. The molecule has 1 atom stereocenters. The summed E-state index contributed by atoms with van der Waals surface area (Å²) in [5.41, 5.74) is 0.601. The molecule has 0 radical (unpaired) electrons. The molecular weight excluding hydrogens is 349 g/mol. The fraction of sp³-hybridized carbons (Fsp3) is 0.200. The van der Waals surface area contributed by atoms with Gasteiger partial charge in [-0.1, -0.05) is 40.2 Å². The van der Waals surface area contributed by atoms with Crippen LogP contribution in [0.25, 0.3) is 0 Å². The summed E-state index contributed by atoms with van der Waals surface area (Å²) >= 11 is 3.18. The maximum atomic E-state index is 13.1. The van der Waals surface area contributed by atoms with Crippen molar-refractivity contribution >= 4 is 15.9 Å². The Kier molecular flexibility index (Phi) is 4.90. The molecule has 0 fully saturated rings. The Morgan fingerprint density at radius 2 is 1.57 bits per heavy atom. The van der Waals surface area contributed by atoms with Crippen LogP contribution >= 0.6 is 15.9 Å². The van der Waals surface area contributed by atoms with Crippen molar-refractivity contribution in [2.45, 2.75) is 18.9 Å². The van der Waals surface area contributed by atoms with Gasteiger partial charge in [0.15, 0.2) is 6.10 Å². The molecule has 112 valence electrons. The van der Waals surface area contributed by atoms with Crippen LogP contribution < -0.4 is 0 Å². The summed E-state index contributed by atoms with van der Waals surface area (Å²) in [5.74, 6) is 0.0547. The Balaban J connectivity index is 2.14. The molecule has 0 saturated carbocycles. The number of phenols is 1. The highest BCUT2D eigenvalue weighted by Gasteiger charge is 2.41. The minimum atomic E-state index is -4.50. The van der Waals surface area contributed by atoms with Gasteiger partial charge in [-0.25, -0.2) is 0 Å². The molecule has 6 heteroatoms. The van der Waals surface area contributed by atoms with E-state index in [0.717, 1.165) is 0 Å². The summed E-state index contributed by atoms with van der Waals surface area (Å²) in [6.45, 7) is -0.194. The van der Waals surface area contributed by atoms with E-state index in [2.05, 4.69) is 15.9 Å². The molecule has 0 aliphatic heterocycles. The highest BCUT2D eigenvalue weighted by Crippen LogP contribution is 2.36. The van der Waals surface area contributed by atoms with Gasteiger partial charge in [0.25, 0.3) is 0 Å². The van der Waals surface area contributed by atoms with E-state index < -0.39 is 12.3 Å². The lowest BCUT2D eigenvalue weighted by atomic mass is 10.1. The number of rotatable bonds is 4. The molecule has 0 aliphatic rings. The summed E-state index contributed by atoms with van der Waals surface area (Å²) < 4.78 is 45.0. The van der Waals surface area contributed by atoms with E-state index in [9.17, 15) is 13.2 Å². The lowest BCUT2D eigenvalue weighted by Crippen LogP contribution is -2.23. The zero-order chi connectivity index (χ0) is 15.5. The van der Waals surface area contributed by atoms with Gasteiger partial charge < -0.3 is 9.84 Å². The van der Waals surface area contributed by atoms with Gasteiger partial charge in [0.1, 0.15) is 5.75 Å². The Bertz CT molecular complexity index is 579. The second-order valence-electron chi connectivity index (χ2n) is 4.45. The smallest absolute Gasteiger partial charge is 0.418 e. The van der Waals surface area contributed by atoms with Crippen molar-refractivity contribution in [1.82, 2.24) is 0 Å². The van der Waals surface area contributed by atoms with E-state index in [4.69, 9.17) is 9.84 Å². The van der Waals surface area contributed by atoms with Gasteiger partial charge in [0.05, 0.1) is 6.61 Å². The molecule has 0 amide bonds. The van der Waals surface area contributed by atoms with Gasteiger partial charge in [-0.2, -0.15) is 13.2 Å². The fourth-order valence-electron chi connectivity index (χ4n) is 1.79. The van der Waals surface area contributed by atoms with E-state index >= 15 is 0 Å². The summed E-state index contributed by atoms with van der Waals surface area (Å²) in [6, 6.07) is 11.7. The van der Waals surface area contributed by atoms with Crippen molar-refractivity contribution < 1.29 is 23.0 Å². The Morgan fingerprint density at radius 1 is 1.00 bits per heavy atom. The zero-order valence-corrected chi connectivity index (χ0v) is 12.4. The first-order valence-electron chi connectivity index (χ1n) is 6.08. The van der Waals surface area contributed by atoms with Crippen LogP contribution in [0.15, 0.2) is 53.0 Å². The molecule has 1 N–H and O–H groups in total. The topological polar surface area (TPSA) is 29.5 Å². The summed E-state index contributed by atoms with van der Waals surface area (Å²) in [5, 5.41) is 9.14. The second-order valence-corrected chi connectivity index (χ2v) is 5.37. The van der Waals surface area contributed by atoms with Gasteiger partial charge >= 0.3 is 6.18 Å². The number of aromatic hydroxyl groups is 1. The summed E-state index contributed by atoms with van der Waals surface area (Å²) in [6.07, 6.45) is -6.48. The average molecular weight is 361 g/mol. The molecule has 2 nitrogen and oxygen atoms in total. The van der Waals surface area contributed by atoms with E-state index in [1.165, 1.54) is 48.5 Å². The number of phenolic OH excluding ortho intramolecular Hbond substituents is 1. The lowest BCUT2D eigenvalue weighted by Gasteiger charge is -2.21. The largest absolute Gasteiger partial charge is 0.508 e. The van der Waals surface area contributed by atoms with Crippen molar-refractivity contribution in [1.29, 1.82) is 0 Å². The van der Waals surface area contributed by atoms with Crippen LogP contribution in [-0.2, 0) is 11.3 Å². The molecule has 0 unspecified atom stereocenters. The normalized spacial score (nSPS) is 13.1. The van der Waals surface area contributed by atoms with Crippen molar-refractivity contribution in [2.75, 3.05) is 0 Å². The maximum Gasteiger partial charge on any atom is 0.418 e. The van der Waals surface area contributed by atoms with Crippen molar-refractivity contribution in [3.8, 4) is 5.75 Å². The van der Waals surface area contributed by atoms with Gasteiger partial charge in [0, 0.05) is 4.47 Å². The fourth-order valence-corrected chi connectivity index (χ4v) is 2.05. The standard InChI is InChI=1S/C15H12BrF3O2/c16-12-5-3-11(4-6-12)14(15(17,18)19)21-9-10-1-7-13(20)8-2-10/h1-8,14,20H,9H2/t14-/m1/s1. The van der Waals surface area contributed by atoms with Crippen molar-refractivity contribution in [3.05, 3.63) is 64.1 Å². The van der Waals surface area contributed by atoms with Gasteiger partial charge in [-0.3, -0.25) is 0 Å². The van der Waals surface area contributed by atoms with Gasteiger partial charge in [0.2, 0.25) is 0 Å². The second kappa shape index (κ2) is 6.49. The Hall–Kier alpha value is -1.53. The first-order valence-corrected chi connectivity index (χ1v) is 6.87. The number of benzene rings is 2. The SMILES string of the molecule is Oc1ccc(CO[C@H](c2ccc(Br)cc2)C(F)(F)F)cc1. The third-order valence-electron chi connectivity index (χ3n) is 2.82. The van der Waals surface area contributed by atoms with Gasteiger partial charge in [-0.15, -0.1) is 0 Å². The first-order chi connectivity index (χ1) is 9.86. The van der Waals surface area contributed by atoms with Crippen LogP contribution in [-0.4, -0.2) is 11.3 Å². The molecule has 2 rings (SSSR count). The summed E-state index contributed by atoms with van der Waals surface area (Å²) in [4.78, 5) is 0. The zero-order valence-electron chi connectivity index (χ0n) is 10.8. The number of hydrogen-bond donors (Lipinski definition) is 1. The molecule has 21 heavy (non-hydrogen) atoms. The quantitative estimate of drug-likeness (QED) is 0.833. The van der Waals surface area contributed by atoms with Crippen molar-refractivity contribution in [3.63, 3.8) is 0 Å². The molecule has 2 aromatic rings. The van der Waals surface area contributed by atoms with Crippen LogP contribution in [0.4, 0.5) is 13.2 Å². The van der Waals surface area contributed by atoms with Crippen LogP contribution in [0.3, 0.4) is 0 Å². The Morgan fingerprint density at radius 3 is 2.10 bits per heavy atom. The van der Waals surface area contributed by atoms with E-state index in [0.29, 0.717) is 10.0 Å². The minimum Gasteiger partial charge on any atom is -0.508 e. The Labute approximate surface area is 128 Å². The molecule has 2 aromatic carbocycles. The van der Waals surface area contributed by atoms with E-state index in [1.54, 1.807) is 0 Å². The van der Waals surface area contributed by atoms with Crippen LogP contribution in [0.5, 0.6) is 5.75 Å². The number of hydrogen-bond acceptors (Lipinski definition) is 2. The van der Waals surface area contributed by atoms with E-state index in [-0.39, 0.29) is 17.9 Å². The monoisotopic (exact) mass is 360 g/mol. The molecule has 0 bridgehead atoms. The van der Waals surface area contributed by atoms with Crippen LogP contribution in [0.1, 0.15) is 17.2 Å². The maximum absolute atomic E-state index is 13.1. The molecule has 0 spiro atoms. The van der Waals surface area contributed by atoms with Crippen molar-refractivity contribution in [2.24, 2.45) is 0 Å². The predicted octanol–water partition coefficient (Wildman–Crippen LogP) is 4.97. The number of halogens is 4. The van der Waals surface area contributed by atoms with Crippen LogP contribution in [0, 0.1) is 0 Å². The third kappa shape index (κ3) is 4.47. The molecule has 0 heterocycles. The highest BCUT2D eigenvalue weighted by molar-refractivity contribution is 9.10. The third-order valence-corrected chi connectivity index (χ3v) is 3.35. The number of alkyl halides is 3. The lowest BCUT2D eigenvalue weighted by molar-refractivity contribution is -0.227. The first kappa shape index (κ1) is 15.9. The summed E-state index contributed by atoms with van der Waals surface area (Å²) in [7, 11) is 0. The molecule has 0 saturated heterocycles. The van der Waals surface area contributed by atoms with Crippen LogP contribution in [0.2, 0.25) is 0 Å². The van der Waals surface area contributed by atoms with Gasteiger partial charge in [-0.05, 0) is 35.4 Å².